The van der Waals surface area contributed by atoms with E-state index in [0.29, 0.717) is 17.9 Å². The molecule has 7 nitrogen and oxygen atoms in total. The van der Waals surface area contributed by atoms with Crippen molar-refractivity contribution in [2.24, 2.45) is 5.92 Å². The second-order valence-corrected chi connectivity index (χ2v) is 6.13. The van der Waals surface area contributed by atoms with Crippen LogP contribution in [0.3, 0.4) is 0 Å². The van der Waals surface area contributed by atoms with Crippen LogP contribution in [0.4, 0.5) is 16.2 Å². The van der Waals surface area contributed by atoms with E-state index < -0.39 is 0 Å². The van der Waals surface area contributed by atoms with E-state index in [-0.39, 0.29) is 17.9 Å². The lowest BCUT2D eigenvalue weighted by molar-refractivity contribution is -0.118. The molecule has 0 saturated carbocycles. The molecule has 1 heterocycles. The molecule has 0 aliphatic rings. The summed E-state index contributed by atoms with van der Waals surface area (Å²) in [4.78, 5) is 27.8. The number of hydrogen-bond donors (Lipinski definition) is 3. The number of amides is 3. The Kier molecular flexibility index (Phi) is 6.56. The second kappa shape index (κ2) is 8.86. The molecular formula is C18H25N5O2. The van der Waals surface area contributed by atoms with Gasteiger partial charge in [0.2, 0.25) is 5.91 Å². The maximum Gasteiger partial charge on any atom is 0.319 e. The molecule has 2 aromatic rings. The summed E-state index contributed by atoms with van der Waals surface area (Å²) in [6.07, 6.45) is 4.50. The molecule has 0 saturated heterocycles. The molecule has 0 bridgehead atoms. The van der Waals surface area contributed by atoms with Crippen LogP contribution in [0, 0.1) is 12.8 Å². The first-order valence-corrected chi connectivity index (χ1v) is 8.39. The van der Waals surface area contributed by atoms with Crippen LogP contribution >= 0.6 is 0 Å². The largest absolute Gasteiger partial charge is 0.338 e. The monoisotopic (exact) mass is 343 g/mol. The minimum Gasteiger partial charge on any atom is -0.338 e. The molecule has 1 aromatic heterocycles. The third kappa shape index (κ3) is 5.95. The van der Waals surface area contributed by atoms with Crippen molar-refractivity contribution in [2.45, 2.75) is 33.7 Å². The van der Waals surface area contributed by atoms with Crippen molar-refractivity contribution in [3.8, 4) is 0 Å². The van der Waals surface area contributed by atoms with Crippen LogP contribution in [0.25, 0.3) is 0 Å². The third-order valence-electron chi connectivity index (χ3n) is 3.70. The summed E-state index contributed by atoms with van der Waals surface area (Å²) in [5.41, 5.74) is 1.29. The zero-order valence-corrected chi connectivity index (χ0v) is 14.9. The number of aromatic nitrogens is 2. The molecule has 3 N–H and O–H groups in total. The van der Waals surface area contributed by atoms with Crippen LogP contribution in [-0.2, 0) is 11.3 Å². The van der Waals surface area contributed by atoms with Gasteiger partial charge in [-0.15, -0.1) is 0 Å². The molecular weight excluding hydrogens is 318 g/mol. The molecule has 7 heteroatoms. The summed E-state index contributed by atoms with van der Waals surface area (Å²) in [5, 5.41) is 8.40. The molecule has 0 radical (unpaired) electrons. The van der Waals surface area contributed by atoms with Gasteiger partial charge in [0.05, 0.1) is 0 Å². The predicted octanol–water partition coefficient (Wildman–Crippen LogP) is 3.00. The van der Waals surface area contributed by atoms with Crippen molar-refractivity contribution in [1.29, 1.82) is 0 Å². The molecule has 0 spiro atoms. The topological polar surface area (TPSA) is 88.1 Å². The van der Waals surface area contributed by atoms with Gasteiger partial charge in [-0.1, -0.05) is 19.9 Å². The Hall–Kier alpha value is -2.83. The summed E-state index contributed by atoms with van der Waals surface area (Å²) in [6, 6.07) is 6.81. The van der Waals surface area contributed by atoms with E-state index in [9.17, 15) is 9.59 Å². The van der Waals surface area contributed by atoms with E-state index >= 15 is 0 Å². The number of carbonyl (C=O) groups excluding carboxylic acids is 2. The van der Waals surface area contributed by atoms with E-state index in [4.69, 9.17) is 0 Å². The van der Waals surface area contributed by atoms with Crippen molar-refractivity contribution >= 4 is 23.3 Å². The Morgan fingerprint density at radius 3 is 2.56 bits per heavy atom. The number of anilines is 2. The maximum absolute atomic E-state index is 12.0. The lowest BCUT2D eigenvalue weighted by atomic mass is 10.2. The molecule has 0 aliphatic heterocycles. The van der Waals surface area contributed by atoms with Gasteiger partial charge in [-0.2, -0.15) is 0 Å². The predicted molar refractivity (Wildman–Crippen MR) is 98.5 cm³/mol. The zero-order valence-electron chi connectivity index (χ0n) is 14.9. The Bertz CT molecular complexity index is 724. The number of imidazole rings is 1. The van der Waals surface area contributed by atoms with E-state index in [1.807, 2.05) is 31.5 Å². The third-order valence-corrected chi connectivity index (χ3v) is 3.70. The van der Waals surface area contributed by atoms with Crippen molar-refractivity contribution in [3.63, 3.8) is 0 Å². The lowest BCUT2D eigenvalue weighted by Crippen LogP contribution is -2.30. The number of hydrogen-bond acceptors (Lipinski definition) is 3. The van der Waals surface area contributed by atoms with Crippen molar-refractivity contribution in [3.05, 3.63) is 42.5 Å². The number of carbonyl (C=O) groups is 2. The fraction of sp³-hybridized carbons (Fsp3) is 0.389. The molecule has 25 heavy (non-hydrogen) atoms. The molecule has 134 valence electrons. The van der Waals surface area contributed by atoms with Crippen LogP contribution in [0.15, 0.2) is 36.7 Å². The number of nitrogens with zero attached hydrogens (tertiary/aromatic N) is 2. The minimum absolute atomic E-state index is 0.0589. The standard InChI is InChI=1S/C18H25N5O2/c1-13(2)17(24)21-15-6-4-7-16(12-15)22-18(25)20-8-5-10-23-11-9-19-14(23)3/h4,6-7,9,11-13H,5,8,10H2,1-3H3,(H,21,24)(H2,20,22,25). The van der Waals surface area contributed by atoms with Crippen LogP contribution < -0.4 is 16.0 Å². The summed E-state index contributed by atoms with van der Waals surface area (Å²) in [7, 11) is 0. The van der Waals surface area contributed by atoms with Gasteiger partial charge in [-0.3, -0.25) is 4.79 Å². The maximum atomic E-state index is 12.0. The number of rotatable bonds is 7. The van der Waals surface area contributed by atoms with Crippen LogP contribution in [0.1, 0.15) is 26.1 Å². The van der Waals surface area contributed by atoms with Gasteiger partial charge in [-0.05, 0) is 31.5 Å². The summed E-state index contributed by atoms with van der Waals surface area (Å²) in [5.74, 6) is 0.806. The van der Waals surface area contributed by atoms with Crippen LogP contribution in [-0.4, -0.2) is 28.0 Å². The Morgan fingerprint density at radius 1 is 1.20 bits per heavy atom. The van der Waals surface area contributed by atoms with Gasteiger partial charge >= 0.3 is 6.03 Å². The highest BCUT2D eigenvalue weighted by Crippen LogP contribution is 2.15. The molecule has 2 rings (SSSR count). The van der Waals surface area contributed by atoms with Gasteiger partial charge in [-0.25, -0.2) is 9.78 Å². The Labute approximate surface area is 147 Å². The SMILES string of the molecule is Cc1nccn1CCCNC(=O)Nc1cccc(NC(=O)C(C)C)c1. The first-order chi connectivity index (χ1) is 12.0. The van der Waals surface area contributed by atoms with Gasteiger partial charge < -0.3 is 20.5 Å². The first-order valence-electron chi connectivity index (χ1n) is 8.39. The van der Waals surface area contributed by atoms with E-state index in [1.54, 1.807) is 30.5 Å². The average molecular weight is 343 g/mol. The number of benzene rings is 1. The molecule has 0 aliphatic carbocycles. The fourth-order valence-corrected chi connectivity index (χ4v) is 2.23. The number of nitrogens with one attached hydrogen (secondary N) is 3. The van der Waals surface area contributed by atoms with Crippen LogP contribution in [0.2, 0.25) is 0 Å². The first kappa shape index (κ1) is 18.5. The van der Waals surface area contributed by atoms with E-state index in [0.717, 1.165) is 18.8 Å². The Balaban J connectivity index is 1.76. The zero-order chi connectivity index (χ0) is 18.2. The van der Waals surface area contributed by atoms with Gasteiger partial charge in [0, 0.05) is 42.8 Å². The highest BCUT2D eigenvalue weighted by atomic mass is 16.2. The smallest absolute Gasteiger partial charge is 0.319 e. The molecule has 1 aromatic carbocycles. The van der Waals surface area contributed by atoms with Gasteiger partial charge in [0.15, 0.2) is 0 Å². The minimum atomic E-state index is -0.269. The fourth-order valence-electron chi connectivity index (χ4n) is 2.23. The average Bonchev–Trinajstić information content (AvgIpc) is 2.97. The molecule has 0 unspecified atom stereocenters. The van der Waals surface area contributed by atoms with Crippen molar-refractivity contribution in [1.82, 2.24) is 14.9 Å². The summed E-state index contributed by atoms with van der Waals surface area (Å²) in [6.45, 7) is 6.98. The van der Waals surface area contributed by atoms with E-state index in [2.05, 4.69) is 20.9 Å². The van der Waals surface area contributed by atoms with Gasteiger partial charge in [0.1, 0.15) is 5.82 Å². The van der Waals surface area contributed by atoms with Crippen molar-refractivity contribution < 1.29 is 9.59 Å². The summed E-state index contributed by atoms with van der Waals surface area (Å²) < 4.78 is 2.04. The van der Waals surface area contributed by atoms with Crippen molar-refractivity contribution in [2.75, 3.05) is 17.2 Å². The highest BCUT2D eigenvalue weighted by Gasteiger charge is 2.08. The van der Waals surface area contributed by atoms with E-state index in [1.165, 1.54) is 0 Å². The number of aryl methyl sites for hydroxylation is 2. The Morgan fingerprint density at radius 2 is 1.92 bits per heavy atom. The highest BCUT2D eigenvalue weighted by molar-refractivity contribution is 5.94. The molecule has 3 amide bonds. The normalized spacial score (nSPS) is 10.6. The quantitative estimate of drug-likeness (QED) is 0.675. The van der Waals surface area contributed by atoms with Crippen LogP contribution in [0.5, 0.6) is 0 Å². The molecule has 0 fully saturated rings. The molecule has 0 atom stereocenters. The lowest BCUT2D eigenvalue weighted by Gasteiger charge is -2.11. The number of urea groups is 1. The summed E-state index contributed by atoms with van der Waals surface area (Å²) >= 11 is 0. The van der Waals surface area contributed by atoms with Gasteiger partial charge in [0.25, 0.3) is 0 Å². The second-order valence-electron chi connectivity index (χ2n) is 6.13.